The highest BCUT2D eigenvalue weighted by Crippen LogP contribution is 2.49. The van der Waals surface area contributed by atoms with Crippen molar-refractivity contribution >= 4 is 22.3 Å². The quantitative estimate of drug-likeness (QED) is 0.936. The highest BCUT2D eigenvalue weighted by atomic mass is 32.1. The van der Waals surface area contributed by atoms with Crippen molar-refractivity contribution in [2.24, 2.45) is 11.3 Å². The zero-order valence-electron chi connectivity index (χ0n) is 13.1. The van der Waals surface area contributed by atoms with Crippen molar-refractivity contribution in [3.63, 3.8) is 0 Å². The number of likely N-dealkylation sites (tertiary alicyclic amines) is 1. The summed E-state index contributed by atoms with van der Waals surface area (Å²) in [6.45, 7) is 2.47. The summed E-state index contributed by atoms with van der Waals surface area (Å²) in [6, 6.07) is 0. The van der Waals surface area contributed by atoms with E-state index in [2.05, 4.69) is 20.9 Å². The van der Waals surface area contributed by atoms with E-state index in [4.69, 9.17) is 4.98 Å². The average Bonchev–Trinajstić information content (AvgIpc) is 2.85. The van der Waals surface area contributed by atoms with E-state index >= 15 is 0 Å². The van der Waals surface area contributed by atoms with Gasteiger partial charge in [-0.05, 0) is 31.6 Å². The molecule has 23 heavy (non-hydrogen) atoms. The SMILES string of the molecule is O=C(O)[C@@]12CCC[C@H]1CN(Cc1c(C3CC3)nc3sccn13)C2. The van der Waals surface area contributed by atoms with Gasteiger partial charge in [0.25, 0.3) is 0 Å². The number of carboxylic acid groups (broad SMARTS) is 1. The van der Waals surface area contributed by atoms with Crippen molar-refractivity contribution in [3.05, 3.63) is 23.0 Å². The van der Waals surface area contributed by atoms with Gasteiger partial charge in [0.1, 0.15) is 0 Å². The van der Waals surface area contributed by atoms with Gasteiger partial charge in [-0.1, -0.05) is 6.42 Å². The van der Waals surface area contributed by atoms with E-state index < -0.39 is 11.4 Å². The average molecular weight is 331 g/mol. The van der Waals surface area contributed by atoms with Gasteiger partial charge in [-0.25, -0.2) is 4.98 Å². The van der Waals surface area contributed by atoms with Crippen molar-refractivity contribution in [1.82, 2.24) is 14.3 Å². The molecule has 0 amide bonds. The van der Waals surface area contributed by atoms with Crippen molar-refractivity contribution < 1.29 is 9.90 Å². The Morgan fingerprint density at radius 3 is 3.04 bits per heavy atom. The van der Waals surface area contributed by atoms with E-state index in [1.807, 2.05) is 0 Å². The Balaban J connectivity index is 1.46. The van der Waals surface area contributed by atoms with Crippen LogP contribution in [0.1, 0.15) is 49.4 Å². The van der Waals surface area contributed by atoms with Gasteiger partial charge >= 0.3 is 5.97 Å². The van der Waals surface area contributed by atoms with Crippen molar-refractivity contribution in [2.45, 2.75) is 44.6 Å². The second-order valence-electron chi connectivity index (χ2n) is 7.49. The monoisotopic (exact) mass is 331 g/mol. The molecule has 2 atom stereocenters. The first-order valence-electron chi connectivity index (χ1n) is 8.57. The molecule has 6 heteroatoms. The largest absolute Gasteiger partial charge is 0.481 e. The predicted molar refractivity (Wildman–Crippen MR) is 87.7 cm³/mol. The van der Waals surface area contributed by atoms with E-state index in [1.54, 1.807) is 11.3 Å². The predicted octanol–water partition coefficient (Wildman–Crippen LogP) is 2.96. The maximum absolute atomic E-state index is 11.9. The Bertz CT molecular complexity index is 778. The van der Waals surface area contributed by atoms with Gasteiger partial charge in [-0.15, -0.1) is 11.3 Å². The number of rotatable bonds is 4. The van der Waals surface area contributed by atoms with Crippen LogP contribution in [0.5, 0.6) is 0 Å². The molecule has 2 aromatic rings. The third-order valence-corrected chi connectivity index (χ3v) is 6.85. The van der Waals surface area contributed by atoms with Gasteiger partial charge in [0, 0.05) is 37.1 Å². The normalized spacial score (nSPS) is 31.0. The Kier molecular flexibility index (Phi) is 2.92. The molecule has 0 radical (unpaired) electrons. The van der Waals surface area contributed by atoms with Crippen LogP contribution in [-0.4, -0.2) is 38.4 Å². The van der Waals surface area contributed by atoms with Crippen LogP contribution in [0.2, 0.25) is 0 Å². The van der Waals surface area contributed by atoms with Crippen LogP contribution in [-0.2, 0) is 11.3 Å². The number of carbonyl (C=O) groups is 1. The van der Waals surface area contributed by atoms with Crippen molar-refractivity contribution in [3.8, 4) is 0 Å². The summed E-state index contributed by atoms with van der Waals surface area (Å²) >= 11 is 1.69. The lowest BCUT2D eigenvalue weighted by Gasteiger charge is -2.23. The van der Waals surface area contributed by atoms with Gasteiger partial charge in [-0.3, -0.25) is 14.1 Å². The maximum atomic E-state index is 11.9. The summed E-state index contributed by atoms with van der Waals surface area (Å²) in [4.78, 5) is 20.2. The minimum absolute atomic E-state index is 0.329. The van der Waals surface area contributed by atoms with E-state index in [-0.39, 0.29) is 0 Å². The third kappa shape index (κ3) is 2.01. The number of aliphatic carboxylic acids is 1. The summed E-state index contributed by atoms with van der Waals surface area (Å²) in [6.07, 6.45) is 7.59. The fraction of sp³-hybridized carbons (Fsp3) is 0.647. The number of carboxylic acids is 1. The first-order valence-corrected chi connectivity index (χ1v) is 9.45. The van der Waals surface area contributed by atoms with Crippen LogP contribution >= 0.6 is 11.3 Å². The minimum atomic E-state index is -0.584. The lowest BCUT2D eigenvalue weighted by atomic mass is 9.81. The Labute approximate surface area is 138 Å². The third-order valence-electron chi connectivity index (χ3n) is 6.10. The molecule has 2 saturated carbocycles. The summed E-state index contributed by atoms with van der Waals surface area (Å²) in [5, 5.41) is 11.9. The molecular weight excluding hydrogens is 310 g/mol. The van der Waals surface area contributed by atoms with E-state index in [1.165, 1.54) is 24.2 Å². The number of imidazole rings is 1. The molecule has 5 rings (SSSR count). The Morgan fingerprint density at radius 2 is 2.30 bits per heavy atom. The van der Waals surface area contributed by atoms with Crippen LogP contribution in [0.15, 0.2) is 11.6 Å². The fourth-order valence-corrected chi connectivity index (χ4v) is 5.51. The van der Waals surface area contributed by atoms with Crippen LogP contribution in [0.3, 0.4) is 0 Å². The summed E-state index contributed by atoms with van der Waals surface area (Å²) in [5.41, 5.74) is 2.07. The van der Waals surface area contributed by atoms with Gasteiger partial charge in [-0.2, -0.15) is 0 Å². The van der Waals surface area contributed by atoms with Crippen LogP contribution in [0.4, 0.5) is 0 Å². The topological polar surface area (TPSA) is 57.8 Å². The highest BCUT2D eigenvalue weighted by Gasteiger charge is 2.54. The second-order valence-corrected chi connectivity index (χ2v) is 8.37. The second kappa shape index (κ2) is 4.80. The van der Waals surface area contributed by atoms with Gasteiger partial charge in [0.05, 0.1) is 16.8 Å². The molecule has 1 saturated heterocycles. The van der Waals surface area contributed by atoms with Crippen LogP contribution in [0.25, 0.3) is 4.96 Å². The molecule has 1 N–H and O–H groups in total. The van der Waals surface area contributed by atoms with Gasteiger partial charge in [0.2, 0.25) is 0 Å². The number of hydrogen-bond acceptors (Lipinski definition) is 4. The molecule has 0 spiro atoms. The molecule has 0 aromatic carbocycles. The fourth-order valence-electron chi connectivity index (χ4n) is 4.77. The van der Waals surface area contributed by atoms with E-state index in [0.29, 0.717) is 18.4 Å². The molecule has 3 heterocycles. The van der Waals surface area contributed by atoms with Crippen molar-refractivity contribution in [1.29, 1.82) is 0 Å². The Hall–Kier alpha value is -1.40. The molecule has 0 bridgehead atoms. The lowest BCUT2D eigenvalue weighted by Crippen LogP contribution is -2.35. The van der Waals surface area contributed by atoms with Crippen LogP contribution in [0, 0.1) is 11.3 Å². The molecule has 2 aliphatic carbocycles. The number of nitrogens with zero attached hydrogens (tertiary/aromatic N) is 3. The standard InChI is InChI=1S/C17H21N3O2S/c21-15(22)17-5-1-2-12(17)8-19(10-17)9-13-14(11-3-4-11)18-16-20(13)6-7-23-16/h6-7,11-12H,1-5,8-10H2,(H,21,22)/t12-,17+/m0/s1. The minimum Gasteiger partial charge on any atom is -0.481 e. The number of thiazole rings is 1. The maximum Gasteiger partial charge on any atom is 0.311 e. The zero-order chi connectivity index (χ0) is 15.6. The van der Waals surface area contributed by atoms with E-state index in [0.717, 1.165) is 37.3 Å². The van der Waals surface area contributed by atoms with Gasteiger partial charge < -0.3 is 5.11 Å². The molecule has 3 fully saturated rings. The lowest BCUT2D eigenvalue weighted by molar-refractivity contribution is -0.149. The Morgan fingerprint density at radius 1 is 1.43 bits per heavy atom. The molecule has 3 aliphatic rings. The zero-order valence-corrected chi connectivity index (χ0v) is 13.9. The molecular formula is C17H21N3O2S. The summed E-state index contributed by atoms with van der Waals surface area (Å²) in [7, 11) is 0. The number of fused-ring (bicyclic) bond motifs is 2. The molecule has 0 unspecified atom stereocenters. The highest BCUT2D eigenvalue weighted by molar-refractivity contribution is 7.15. The smallest absolute Gasteiger partial charge is 0.311 e. The molecule has 2 aromatic heterocycles. The molecule has 5 nitrogen and oxygen atoms in total. The number of aromatic nitrogens is 2. The first kappa shape index (κ1) is 14.0. The summed E-state index contributed by atoms with van der Waals surface area (Å²) < 4.78 is 2.22. The first-order chi connectivity index (χ1) is 11.2. The van der Waals surface area contributed by atoms with Crippen LogP contribution < -0.4 is 0 Å². The van der Waals surface area contributed by atoms with E-state index in [9.17, 15) is 9.90 Å². The number of hydrogen-bond donors (Lipinski definition) is 1. The summed E-state index contributed by atoms with van der Waals surface area (Å²) in [5.74, 6) is 0.377. The van der Waals surface area contributed by atoms with Gasteiger partial charge in [0.15, 0.2) is 4.96 Å². The molecule has 1 aliphatic heterocycles. The van der Waals surface area contributed by atoms with Crippen molar-refractivity contribution in [2.75, 3.05) is 13.1 Å². The molecule has 122 valence electrons.